The minimum Gasteiger partial charge on any atom is -0.497 e. The number of thioether (sulfide) groups is 1. The van der Waals surface area contributed by atoms with Crippen molar-refractivity contribution < 1.29 is 19.4 Å². The van der Waals surface area contributed by atoms with Crippen molar-refractivity contribution >= 4 is 29.3 Å². The van der Waals surface area contributed by atoms with E-state index in [1.54, 1.807) is 12.0 Å². The Morgan fingerprint density at radius 1 is 1.14 bits per heavy atom. The van der Waals surface area contributed by atoms with Crippen molar-refractivity contribution in [3.05, 3.63) is 54.1 Å². The molecular formula is C22H25N2O4S. The first kappa shape index (κ1) is 21.2. The molecule has 7 heteroatoms. The molecular weight excluding hydrogens is 388 g/mol. The van der Waals surface area contributed by atoms with Crippen LogP contribution >= 0.6 is 11.8 Å². The van der Waals surface area contributed by atoms with Gasteiger partial charge in [0.2, 0.25) is 5.91 Å². The zero-order valence-corrected chi connectivity index (χ0v) is 17.6. The lowest BCUT2D eigenvalue weighted by molar-refractivity contribution is -0.146. The van der Waals surface area contributed by atoms with Gasteiger partial charge >= 0.3 is 5.97 Å². The van der Waals surface area contributed by atoms with Crippen LogP contribution in [0.3, 0.4) is 0 Å². The number of para-hydroxylation sites is 1. The summed E-state index contributed by atoms with van der Waals surface area (Å²) in [5.41, 5.74) is 1.71. The molecule has 0 N–H and O–H groups in total. The molecule has 3 rings (SSSR count). The van der Waals surface area contributed by atoms with Crippen molar-refractivity contribution in [2.75, 3.05) is 39.2 Å². The number of rotatable bonds is 7. The number of hydrogen-bond acceptors (Lipinski definition) is 5. The van der Waals surface area contributed by atoms with Crippen LogP contribution in [-0.2, 0) is 14.7 Å². The number of fused-ring (bicyclic) bond motifs is 1. The zero-order valence-electron chi connectivity index (χ0n) is 16.8. The standard InChI is InChI=1S/C22H25N2O4S/c1-23(2)12-13-24-18-6-4-5-7-19(18)29-21(17(22(24)27)14-20(25)26)15-8-10-16(28-3)11-9-15/h4-11,17,21H,12-14H2,1-3H3. The Hall–Kier alpha value is -2.51. The van der Waals surface area contributed by atoms with Crippen molar-refractivity contribution in [3.8, 4) is 5.75 Å². The van der Waals surface area contributed by atoms with E-state index in [2.05, 4.69) is 0 Å². The van der Waals surface area contributed by atoms with Gasteiger partial charge in [-0.25, -0.2) is 9.90 Å². The number of nitrogens with zero attached hydrogens (tertiary/aromatic N) is 2. The molecule has 1 aliphatic rings. The second-order valence-corrected chi connectivity index (χ2v) is 8.44. The molecule has 1 radical (unpaired) electrons. The fourth-order valence-electron chi connectivity index (χ4n) is 3.45. The van der Waals surface area contributed by atoms with Crippen LogP contribution in [0.5, 0.6) is 5.75 Å². The fourth-order valence-corrected chi connectivity index (χ4v) is 4.85. The van der Waals surface area contributed by atoms with Crippen LogP contribution in [0.15, 0.2) is 53.4 Å². The quantitative estimate of drug-likeness (QED) is 0.696. The molecule has 153 valence electrons. The van der Waals surface area contributed by atoms with Gasteiger partial charge in [-0.3, -0.25) is 4.79 Å². The summed E-state index contributed by atoms with van der Waals surface area (Å²) in [7, 11) is 5.49. The van der Waals surface area contributed by atoms with E-state index in [1.165, 1.54) is 11.8 Å². The van der Waals surface area contributed by atoms with Gasteiger partial charge in [-0.2, -0.15) is 0 Å². The first-order chi connectivity index (χ1) is 13.9. The lowest BCUT2D eigenvalue weighted by atomic mass is 9.93. The molecule has 0 bridgehead atoms. The summed E-state index contributed by atoms with van der Waals surface area (Å²) in [6.45, 7) is 1.16. The van der Waals surface area contributed by atoms with Crippen molar-refractivity contribution in [2.45, 2.75) is 16.6 Å². The third-order valence-corrected chi connectivity index (χ3v) is 6.41. The largest absolute Gasteiger partial charge is 0.497 e. The number of methoxy groups -OCH3 is 1. The Labute approximate surface area is 175 Å². The summed E-state index contributed by atoms with van der Waals surface area (Å²) >= 11 is 1.53. The van der Waals surface area contributed by atoms with Gasteiger partial charge in [0.25, 0.3) is 0 Å². The summed E-state index contributed by atoms with van der Waals surface area (Å²) in [4.78, 5) is 29.8. The number of anilines is 1. The highest BCUT2D eigenvalue weighted by Gasteiger charge is 2.39. The SMILES string of the molecule is COc1ccc(C2Sc3ccccc3N(CCN(C)C)C(=O)C2CC([O])=O)cc1. The van der Waals surface area contributed by atoms with Crippen molar-refractivity contribution in [1.82, 2.24) is 4.90 Å². The van der Waals surface area contributed by atoms with E-state index in [-0.39, 0.29) is 17.6 Å². The number of ether oxygens (including phenoxy) is 1. The summed E-state index contributed by atoms with van der Waals surface area (Å²) in [6.07, 6.45) is -0.324. The van der Waals surface area contributed by atoms with E-state index < -0.39 is 11.9 Å². The molecule has 1 amide bonds. The van der Waals surface area contributed by atoms with Crippen LogP contribution < -0.4 is 9.64 Å². The Balaban J connectivity index is 2.06. The maximum Gasteiger partial charge on any atom is 0.356 e. The molecule has 2 unspecified atom stereocenters. The monoisotopic (exact) mass is 413 g/mol. The second kappa shape index (κ2) is 9.33. The smallest absolute Gasteiger partial charge is 0.356 e. The molecule has 2 aromatic carbocycles. The number of likely N-dealkylation sites (N-methyl/N-ethyl adjacent to an activating group) is 1. The molecule has 1 heterocycles. The Morgan fingerprint density at radius 3 is 2.45 bits per heavy atom. The molecule has 29 heavy (non-hydrogen) atoms. The third kappa shape index (κ3) is 4.92. The molecule has 0 aromatic heterocycles. The molecule has 0 spiro atoms. The lowest BCUT2D eigenvalue weighted by Gasteiger charge is -2.28. The summed E-state index contributed by atoms with van der Waals surface area (Å²) in [6, 6.07) is 15.2. The fraction of sp³-hybridized carbons (Fsp3) is 0.364. The van der Waals surface area contributed by atoms with Gasteiger partial charge < -0.3 is 14.5 Å². The number of carbonyl (C=O) groups is 2. The van der Waals surface area contributed by atoms with E-state index in [1.807, 2.05) is 67.5 Å². The highest BCUT2D eigenvalue weighted by molar-refractivity contribution is 7.99. The maximum atomic E-state index is 13.5. The highest BCUT2D eigenvalue weighted by atomic mass is 32.2. The van der Waals surface area contributed by atoms with Gasteiger partial charge in [-0.05, 0) is 43.9 Å². The summed E-state index contributed by atoms with van der Waals surface area (Å²) in [5, 5.41) is 11.2. The summed E-state index contributed by atoms with van der Waals surface area (Å²) < 4.78 is 5.23. The number of amides is 1. The van der Waals surface area contributed by atoms with E-state index in [0.29, 0.717) is 18.8 Å². The van der Waals surface area contributed by atoms with Gasteiger partial charge in [0.05, 0.1) is 25.1 Å². The number of carbonyl (C=O) groups excluding carboxylic acids is 2. The Bertz CT molecular complexity index is 869. The second-order valence-electron chi connectivity index (χ2n) is 7.26. The molecule has 2 aromatic rings. The van der Waals surface area contributed by atoms with E-state index in [4.69, 9.17) is 4.74 Å². The van der Waals surface area contributed by atoms with Gasteiger partial charge in [-0.1, -0.05) is 24.3 Å². The average molecular weight is 414 g/mol. The van der Waals surface area contributed by atoms with Crippen LogP contribution in [-0.4, -0.2) is 51.1 Å². The van der Waals surface area contributed by atoms with E-state index in [0.717, 1.165) is 16.1 Å². The van der Waals surface area contributed by atoms with Crippen LogP contribution in [0.4, 0.5) is 5.69 Å². The van der Waals surface area contributed by atoms with Crippen molar-refractivity contribution in [2.24, 2.45) is 5.92 Å². The van der Waals surface area contributed by atoms with Crippen LogP contribution in [0.2, 0.25) is 0 Å². The molecule has 6 nitrogen and oxygen atoms in total. The predicted molar refractivity (Wildman–Crippen MR) is 113 cm³/mol. The first-order valence-electron chi connectivity index (χ1n) is 9.46. The highest BCUT2D eigenvalue weighted by Crippen LogP contribution is 2.49. The normalized spacial score (nSPS) is 19.0. The third-order valence-electron chi connectivity index (χ3n) is 4.96. The lowest BCUT2D eigenvalue weighted by Crippen LogP contribution is -2.41. The Morgan fingerprint density at radius 2 is 1.83 bits per heavy atom. The van der Waals surface area contributed by atoms with E-state index >= 15 is 0 Å². The maximum absolute atomic E-state index is 13.5. The molecule has 1 aliphatic heterocycles. The van der Waals surface area contributed by atoms with Gasteiger partial charge in [0.1, 0.15) is 5.75 Å². The van der Waals surface area contributed by atoms with Crippen LogP contribution in [0.25, 0.3) is 0 Å². The molecule has 0 saturated carbocycles. The number of hydrogen-bond donors (Lipinski definition) is 0. The number of benzene rings is 2. The first-order valence-corrected chi connectivity index (χ1v) is 10.3. The van der Waals surface area contributed by atoms with Crippen molar-refractivity contribution in [1.29, 1.82) is 0 Å². The topological polar surface area (TPSA) is 69.8 Å². The zero-order chi connectivity index (χ0) is 21.0. The summed E-state index contributed by atoms with van der Waals surface area (Å²) in [5.74, 6) is -1.42. The minimum atomic E-state index is -1.22. The van der Waals surface area contributed by atoms with Crippen molar-refractivity contribution in [3.63, 3.8) is 0 Å². The molecule has 0 fully saturated rings. The van der Waals surface area contributed by atoms with Gasteiger partial charge in [0, 0.05) is 23.2 Å². The molecule has 0 saturated heterocycles. The van der Waals surface area contributed by atoms with Crippen LogP contribution in [0.1, 0.15) is 17.2 Å². The van der Waals surface area contributed by atoms with Crippen LogP contribution in [0, 0.1) is 5.92 Å². The predicted octanol–water partition coefficient (Wildman–Crippen LogP) is 3.40. The average Bonchev–Trinajstić information content (AvgIpc) is 2.81. The molecule has 2 atom stereocenters. The molecule has 0 aliphatic carbocycles. The van der Waals surface area contributed by atoms with Gasteiger partial charge in [0.15, 0.2) is 0 Å². The minimum absolute atomic E-state index is 0.186. The van der Waals surface area contributed by atoms with E-state index in [9.17, 15) is 14.7 Å². The Kier molecular flexibility index (Phi) is 6.82. The van der Waals surface area contributed by atoms with Gasteiger partial charge in [-0.15, -0.1) is 11.8 Å².